The normalized spacial score (nSPS) is 33.9. The van der Waals surface area contributed by atoms with E-state index in [0.29, 0.717) is 12.1 Å². The molecule has 5 nitrogen and oxygen atoms in total. The Labute approximate surface area is 109 Å². The van der Waals surface area contributed by atoms with Crippen LogP contribution >= 0.6 is 0 Å². The van der Waals surface area contributed by atoms with Gasteiger partial charge in [0.1, 0.15) is 0 Å². The molecule has 3 saturated heterocycles. The van der Waals surface area contributed by atoms with Crippen LogP contribution < -0.4 is 11.1 Å². The zero-order chi connectivity index (χ0) is 12.5. The highest BCUT2D eigenvalue weighted by molar-refractivity contribution is 5.72. The molecule has 3 fully saturated rings. The Bertz CT molecular complexity index is 314. The van der Waals surface area contributed by atoms with Crippen LogP contribution in [0.2, 0.25) is 0 Å². The number of rotatable bonds is 2. The van der Waals surface area contributed by atoms with Gasteiger partial charge in [-0.3, -0.25) is 4.90 Å². The summed E-state index contributed by atoms with van der Waals surface area (Å²) in [4.78, 5) is 15.5. The van der Waals surface area contributed by atoms with Crippen LogP contribution in [0.1, 0.15) is 32.1 Å². The van der Waals surface area contributed by atoms with Crippen LogP contribution in [0.25, 0.3) is 0 Å². The van der Waals surface area contributed by atoms with E-state index in [1.807, 2.05) is 0 Å². The van der Waals surface area contributed by atoms with Crippen molar-refractivity contribution < 1.29 is 4.79 Å². The summed E-state index contributed by atoms with van der Waals surface area (Å²) >= 11 is 0. The largest absolute Gasteiger partial charge is 0.351 e. The first-order valence-electron chi connectivity index (χ1n) is 7.28. The highest BCUT2D eigenvalue weighted by atomic mass is 16.2. The van der Waals surface area contributed by atoms with Crippen LogP contribution in [0, 0.1) is 0 Å². The maximum Gasteiger partial charge on any atom is 0.314 e. The molecule has 18 heavy (non-hydrogen) atoms. The average molecular weight is 252 g/mol. The average Bonchev–Trinajstić information content (AvgIpc) is 2.95. The standard InChI is InChI=1S/C13H24N4O/c14-13(18)17-7-3-10(4-8-17)15-11-5-9-16-6-1-2-12(11)16/h10-12,15H,1-9H2,(H2,14,18). The number of carbonyl (C=O) groups excluding carboxylic acids is 1. The Morgan fingerprint density at radius 2 is 1.83 bits per heavy atom. The fourth-order valence-corrected chi connectivity index (χ4v) is 3.85. The van der Waals surface area contributed by atoms with E-state index >= 15 is 0 Å². The van der Waals surface area contributed by atoms with E-state index < -0.39 is 0 Å². The van der Waals surface area contributed by atoms with Crippen molar-refractivity contribution in [2.75, 3.05) is 26.2 Å². The molecule has 3 N–H and O–H groups in total. The van der Waals surface area contributed by atoms with Crippen LogP contribution in [0.15, 0.2) is 0 Å². The second-order valence-electron chi connectivity index (χ2n) is 5.91. The van der Waals surface area contributed by atoms with E-state index in [1.165, 1.54) is 32.4 Å². The third kappa shape index (κ3) is 2.34. The molecule has 0 saturated carbocycles. The minimum atomic E-state index is -0.267. The first-order valence-corrected chi connectivity index (χ1v) is 7.28. The van der Waals surface area contributed by atoms with Crippen molar-refractivity contribution in [2.45, 2.75) is 50.2 Å². The fourth-order valence-electron chi connectivity index (χ4n) is 3.85. The van der Waals surface area contributed by atoms with Crippen LogP contribution in [-0.4, -0.2) is 60.1 Å². The third-order valence-electron chi connectivity index (χ3n) is 4.86. The van der Waals surface area contributed by atoms with E-state index in [0.717, 1.165) is 32.0 Å². The maximum atomic E-state index is 11.1. The summed E-state index contributed by atoms with van der Waals surface area (Å²) in [6.07, 6.45) is 6.11. The molecule has 2 unspecified atom stereocenters. The zero-order valence-corrected chi connectivity index (χ0v) is 11.0. The zero-order valence-electron chi connectivity index (χ0n) is 11.0. The quantitative estimate of drug-likeness (QED) is 0.746. The van der Waals surface area contributed by atoms with Gasteiger partial charge in [0.15, 0.2) is 0 Å². The number of piperidine rings is 1. The van der Waals surface area contributed by atoms with Gasteiger partial charge < -0.3 is 16.0 Å². The second-order valence-corrected chi connectivity index (χ2v) is 5.91. The number of hydrogen-bond acceptors (Lipinski definition) is 3. The van der Waals surface area contributed by atoms with E-state index in [-0.39, 0.29) is 6.03 Å². The number of likely N-dealkylation sites (tertiary alicyclic amines) is 1. The summed E-state index contributed by atoms with van der Waals surface area (Å²) in [5.41, 5.74) is 5.31. The SMILES string of the molecule is NC(=O)N1CCC(NC2CCN3CCCC23)CC1. The molecule has 3 heterocycles. The summed E-state index contributed by atoms with van der Waals surface area (Å²) in [7, 11) is 0. The molecule has 5 heteroatoms. The number of amides is 2. The Morgan fingerprint density at radius 3 is 2.56 bits per heavy atom. The van der Waals surface area contributed by atoms with Crippen LogP contribution in [-0.2, 0) is 0 Å². The smallest absolute Gasteiger partial charge is 0.314 e. The van der Waals surface area contributed by atoms with Gasteiger partial charge in [-0.15, -0.1) is 0 Å². The molecule has 3 aliphatic rings. The minimum absolute atomic E-state index is 0.267. The van der Waals surface area contributed by atoms with Crippen molar-refractivity contribution in [3.05, 3.63) is 0 Å². The Balaban J connectivity index is 1.48. The Kier molecular flexibility index (Phi) is 3.43. The summed E-state index contributed by atoms with van der Waals surface area (Å²) < 4.78 is 0. The van der Waals surface area contributed by atoms with E-state index in [9.17, 15) is 4.79 Å². The maximum absolute atomic E-state index is 11.1. The lowest BCUT2D eigenvalue weighted by Crippen LogP contribution is -2.51. The highest BCUT2D eigenvalue weighted by Gasteiger charge is 2.38. The third-order valence-corrected chi connectivity index (χ3v) is 4.86. The van der Waals surface area contributed by atoms with E-state index in [1.54, 1.807) is 4.90 Å². The van der Waals surface area contributed by atoms with Crippen molar-refractivity contribution in [2.24, 2.45) is 5.73 Å². The van der Waals surface area contributed by atoms with E-state index in [2.05, 4.69) is 10.2 Å². The van der Waals surface area contributed by atoms with Gasteiger partial charge in [-0.25, -0.2) is 4.79 Å². The molecule has 3 rings (SSSR count). The molecular formula is C13H24N4O. The monoisotopic (exact) mass is 252 g/mol. The number of urea groups is 1. The molecule has 102 valence electrons. The minimum Gasteiger partial charge on any atom is -0.351 e. The fraction of sp³-hybridized carbons (Fsp3) is 0.923. The topological polar surface area (TPSA) is 61.6 Å². The molecule has 2 atom stereocenters. The lowest BCUT2D eigenvalue weighted by Gasteiger charge is -2.34. The molecule has 3 aliphatic heterocycles. The summed E-state index contributed by atoms with van der Waals surface area (Å²) in [5.74, 6) is 0. The molecule has 0 aromatic carbocycles. The Hall–Kier alpha value is -0.810. The number of nitrogens with two attached hydrogens (primary N) is 1. The van der Waals surface area contributed by atoms with Gasteiger partial charge in [0.25, 0.3) is 0 Å². The van der Waals surface area contributed by atoms with Crippen LogP contribution in [0.4, 0.5) is 4.79 Å². The first-order chi connectivity index (χ1) is 8.74. The highest BCUT2D eigenvalue weighted by Crippen LogP contribution is 2.28. The van der Waals surface area contributed by atoms with Gasteiger partial charge in [0.05, 0.1) is 0 Å². The van der Waals surface area contributed by atoms with Crippen molar-refractivity contribution in [1.82, 2.24) is 15.1 Å². The first kappa shape index (κ1) is 12.2. The molecule has 0 bridgehead atoms. The number of carbonyl (C=O) groups is 1. The van der Waals surface area contributed by atoms with E-state index in [4.69, 9.17) is 5.73 Å². The molecular weight excluding hydrogens is 228 g/mol. The molecule has 0 aromatic heterocycles. The predicted octanol–water partition coefficient (Wildman–Crippen LogP) is 0.356. The van der Waals surface area contributed by atoms with Gasteiger partial charge in [-0.1, -0.05) is 0 Å². The number of hydrogen-bond donors (Lipinski definition) is 2. The Morgan fingerprint density at radius 1 is 1.06 bits per heavy atom. The van der Waals surface area contributed by atoms with Crippen molar-refractivity contribution in [3.8, 4) is 0 Å². The van der Waals surface area contributed by atoms with Gasteiger partial charge in [0, 0.05) is 37.8 Å². The number of nitrogens with one attached hydrogen (secondary N) is 1. The predicted molar refractivity (Wildman–Crippen MR) is 70.3 cm³/mol. The molecule has 0 aromatic rings. The van der Waals surface area contributed by atoms with Crippen molar-refractivity contribution >= 4 is 6.03 Å². The van der Waals surface area contributed by atoms with Crippen molar-refractivity contribution in [1.29, 1.82) is 0 Å². The number of fused-ring (bicyclic) bond motifs is 1. The van der Waals surface area contributed by atoms with Gasteiger partial charge in [-0.05, 0) is 38.6 Å². The number of primary amides is 1. The summed E-state index contributed by atoms with van der Waals surface area (Å²) in [5, 5.41) is 3.83. The lowest BCUT2D eigenvalue weighted by atomic mass is 10.0. The molecule has 0 aliphatic carbocycles. The molecule has 2 amide bonds. The summed E-state index contributed by atoms with van der Waals surface area (Å²) in [6, 6.07) is 1.76. The lowest BCUT2D eigenvalue weighted by molar-refractivity contribution is 0.179. The summed E-state index contributed by atoms with van der Waals surface area (Å²) in [6.45, 7) is 4.19. The van der Waals surface area contributed by atoms with Gasteiger partial charge in [-0.2, -0.15) is 0 Å². The molecule has 0 spiro atoms. The second kappa shape index (κ2) is 5.05. The van der Waals surface area contributed by atoms with Crippen LogP contribution in [0.5, 0.6) is 0 Å². The van der Waals surface area contributed by atoms with Gasteiger partial charge in [0.2, 0.25) is 0 Å². The number of nitrogens with zero attached hydrogens (tertiary/aromatic N) is 2. The van der Waals surface area contributed by atoms with Gasteiger partial charge >= 0.3 is 6.03 Å². The van der Waals surface area contributed by atoms with Crippen molar-refractivity contribution in [3.63, 3.8) is 0 Å². The van der Waals surface area contributed by atoms with Crippen LogP contribution in [0.3, 0.4) is 0 Å². The molecule has 0 radical (unpaired) electrons.